The maximum atomic E-state index is 12.5. The molecule has 144 valence electrons. The van der Waals surface area contributed by atoms with Crippen LogP contribution in [-0.4, -0.2) is 72.8 Å². The first kappa shape index (κ1) is 20.4. The van der Waals surface area contributed by atoms with Crippen LogP contribution < -0.4 is 0 Å². The molecule has 0 aliphatic carbocycles. The fraction of sp³-hybridized carbons (Fsp3) is 0.619. The number of nitrogens with zero attached hydrogens (tertiary/aromatic N) is 3. The van der Waals surface area contributed by atoms with Crippen molar-refractivity contribution in [3.63, 3.8) is 0 Å². The summed E-state index contributed by atoms with van der Waals surface area (Å²) in [7, 11) is 1.85. The van der Waals surface area contributed by atoms with E-state index in [2.05, 4.69) is 24.3 Å². The Labute approximate surface area is 158 Å². The molecule has 1 saturated heterocycles. The molecule has 1 aliphatic heterocycles. The van der Waals surface area contributed by atoms with Gasteiger partial charge in [-0.3, -0.25) is 14.5 Å². The van der Waals surface area contributed by atoms with Crippen LogP contribution in [-0.2, 0) is 16.0 Å². The first-order valence-electron chi connectivity index (χ1n) is 9.81. The summed E-state index contributed by atoms with van der Waals surface area (Å²) in [6.45, 7) is 7.66. The molecule has 0 unspecified atom stereocenters. The lowest BCUT2D eigenvalue weighted by atomic mass is 9.90. The van der Waals surface area contributed by atoms with E-state index in [1.807, 2.05) is 36.8 Å². The number of amides is 2. The summed E-state index contributed by atoms with van der Waals surface area (Å²) < 4.78 is 0. The van der Waals surface area contributed by atoms with Gasteiger partial charge in [-0.1, -0.05) is 30.3 Å². The van der Waals surface area contributed by atoms with Gasteiger partial charge in [0.15, 0.2) is 0 Å². The summed E-state index contributed by atoms with van der Waals surface area (Å²) in [5.41, 5.74) is 1.38. The van der Waals surface area contributed by atoms with Gasteiger partial charge in [0, 0.05) is 26.2 Å². The Kier molecular flexibility index (Phi) is 8.10. The summed E-state index contributed by atoms with van der Waals surface area (Å²) in [4.78, 5) is 30.3. The zero-order valence-electron chi connectivity index (χ0n) is 16.5. The number of hydrogen-bond donors (Lipinski definition) is 0. The van der Waals surface area contributed by atoms with E-state index < -0.39 is 0 Å². The number of piperidine rings is 1. The minimum atomic E-state index is 0.0897. The Morgan fingerprint density at radius 3 is 2.23 bits per heavy atom. The largest absolute Gasteiger partial charge is 0.342 e. The van der Waals surface area contributed by atoms with Crippen molar-refractivity contribution in [2.45, 2.75) is 33.1 Å². The molecule has 2 rings (SSSR count). The number of carbonyl (C=O) groups excluding carboxylic acids is 2. The number of benzene rings is 1. The second-order valence-electron chi connectivity index (χ2n) is 7.25. The highest BCUT2D eigenvalue weighted by Gasteiger charge is 2.24. The van der Waals surface area contributed by atoms with Gasteiger partial charge in [0.25, 0.3) is 0 Å². The van der Waals surface area contributed by atoms with Crippen molar-refractivity contribution in [2.24, 2.45) is 5.92 Å². The first-order chi connectivity index (χ1) is 12.5. The Bertz CT molecular complexity index is 564. The molecule has 5 heteroatoms. The molecule has 1 aromatic carbocycles. The molecule has 0 saturated carbocycles. The van der Waals surface area contributed by atoms with Gasteiger partial charge in [0.2, 0.25) is 11.8 Å². The van der Waals surface area contributed by atoms with Gasteiger partial charge >= 0.3 is 0 Å². The van der Waals surface area contributed by atoms with Gasteiger partial charge in [0.1, 0.15) is 0 Å². The van der Waals surface area contributed by atoms with Gasteiger partial charge in [-0.15, -0.1) is 0 Å². The zero-order chi connectivity index (χ0) is 18.9. The smallest absolute Gasteiger partial charge is 0.236 e. The van der Waals surface area contributed by atoms with Crippen molar-refractivity contribution in [2.75, 3.05) is 46.3 Å². The second kappa shape index (κ2) is 10.3. The highest BCUT2D eigenvalue weighted by Crippen LogP contribution is 2.21. The summed E-state index contributed by atoms with van der Waals surface area (Å²) in [6.07, 6.45) is 3.21. The van der Waals surface area contributed by atoms with Gasteiger partial charge in [0.05, 0.1) is 13.1 Å². The standard InChI is InChI=1S/C21H33N3O2/c1-4-23(5-2)20(25)16-22(3)17-21(26)24-13-11-19(12-14-24)15-18-9-7-6-8-10-18/h6-10,19H,4-5,11-17H2,1-3H3. The van der Waals surface area contributed by atoms with E-state index in [1.54, 1.807) is 4.90 Å². The van der Waals surface area contributed by atoms with E-state index in [0.717, 1.165) is 32.4 Å². The Morgan fingerprint density at radius 2 is 1.65 bits per heavy atom. The Hall–Kier alpha value is -1.88. The van der Waals surface area contributed by atoms with Crippen LogP contribution in [0.4, 0.5) is 0 Å². The molecule has 1 aliphatic rings. The highest BCUT2D eigenvalue weighted by molar-refractivity contribution is 5.81. The number of carbonyl (C=O) groups is 2. The molecule has 0 N–H and O–H groups in total. The summed E-state index contributed by atoms with van der Waals surface area (Å²) in [5, 5.41) is 0. The van der Waals surface area contributed by atoms with Crippen molar-refractivity contribution >= 4 is 11.8 Å². The zero-order valence-corrected chi connectivity index (χ0v) is 16.5. The monoisotopic (exact) mass is 359 g/mol. The lowest BCUT2D eigenvalue weighted by Crippen LogP contribution is -2.46. The molecule has 1 heterocycles. The topological polar surface area (TPSA) is 43.9 Å². The third-order valence-corrected chi connectivity index (χ3v) is 5.26. The third kappa shape index (κ3) is 6.13. The minimum absolute atomic E-state index is 0.0897. The van der Waals surface area contributed by atoms with Gasteiger partial charge in [-0.05, 0) is 51.6 Å². The molecule has 2 amide bonds. The Balaban J connectivity index is 1.73. The summed E-state index contributed by atoms with van der Waals surface area (Å²) in [6, 6.07) is 10.6. The van der Waals surface area contributed by atoms with Crippen LogP contribution in [0.15, 0.2) is 30.3 Å². The van der Waals surface area contributed by atoms with Crippen LogP contribution in [0.5, 0.6) is 0 Å². The van der Waals surface area contributed by atoms with Gasteiger partial charge < -0.3 is 9.80 Å². The summed E-state index contributed by atoms with van der Waals surface area (Å²) in [5.74, 6) is 0.883. The summed E-state index contributed by atoms with van der Waals surface area (Å²) >= 11 is 0. The molecule has 26 heavy (non-hydrogen) atoms. The molecule has 0 radical (unpaired) electrons. The number of rotatable bonds is 8. The molecule has 0 spiro atoms. The van der Waals surface area contributed by atoms with Crippen molar-refractivity contribution in [3.8, 4) is 0 Å². The molecule has 0 bridgehead atoms. The average Bonchev–Trinajstić information content (AvgIpc) is 2.64. The normalized spacial score (nSPS) is 15.3. The predicted octanol–water partition coefficient (Wildman–Crippen LogP) is 2.27. The van der Waals surface area contributed by atoms with E-state index in [-0.39, 0.29) is 11.8 Å². The fourth-order valence-electron chi connectivity index (χ4n) is 3.63. The van der Waals surface area contributed by atoms with Crippen LogP contribution in [0.3, 0.4) is 0 Å². The third-order valence-electron chi connectivity index (χ3n) is 5.26. The van der Waals surface area contributed by atoms with Crippen LogP contribution in [0.1, 0.15) is 32.3 Å². The number of likely N-dealkylation sites (tertiary alicyclic amines) is 1. The average molecular weight is 360 g/mol. The van der Waals surface area contributed by atoms with E-state index >= 15 is 0 Å². The lowest BCUT2D eigenvalue weighted by Gasteiger charge is -2.33. The molecule has 5 nitrogen and oxygen atoms in total. The van der Waals surface area contributed by atoms with Gasteiger partial charge in [-0.2, -0.15) is 0 Å². The van der Waals surface area contributed by atoms with E-state index in [1.165, 1.54) is 5.56 Å². The van der Waals surface area contributed by atoms with Crippen LogP contribution >= 0.6 is 0 Å². The molecule has 1 fully saturated rings. The van der Waals surface area contributed by atoms with Crippen molar-refractivity contribution < 1.29 is 9.59 Å². The maximum Gasteiger partial charge on any atom is 0.236 e. The molecule has 0 aromatic heterocycles. The predicted molar refractivity (Wildman–Crippen MR) is 105 cm³/mol. The van der Waals surface area contributed by atoms with Crippen molar-refractivity contribution in [1.29, 1.82) is 0 Å². The fourth-order valence-corrected chi connectivity index (χ4v) is 3.63. The quantitative estimate of drug-likeness (QED) is 0.715. The van der Waals surface area contributed by atoms with E-state index in [9.17, 15) is 9.59 Å². The SMILES string of the molecule is CCN(CC)C(=O)CN(C)CC(=O)N1CCC(Cc2ccccc2)CC1. The molecular weight excluding hydrogens is 326 g/mol. The van der Waals surface area contributed by atoms with Crippen LogP contribution in [0.2, 0.25) is 0 Å². The minimum Gasteiger partial charge on any atom is -0.342 e. The van der Waals surface area contributed by atoms with Crippen molar-refractivity contribution in [3.05, 3.63) is 35.9 Å². The maximum absolute atomic E-state index is 12.5. The highest BCUT2D eigenvalue weighted by atomic mass is 16.2. The Morgan fingerprint density at radius 1 is 1.04 bits per heavy atom. The lowest BCUT2D eigenvalue weighted by molar-refractivity contribution is -0.135. The second-order valence-corrected chi connectivity index (χ2v) is 7.25. The van der Waals surface area contributed by atoms with Crippen LogP contribution in [0, 0.1) is 5.92 Å². The molecule has 1 aromatic rings. The number of likely N-dealkylation sites (N-methyl/N-ethyl adjacent to an activating group) is 2. The van der Waals surface area contributed by atoms with E-state index in [4.69, 9.17) is 0 Å². The molecule has 0 atom stereocenters. The number of hydrogen-bond acceptors (Lipinski definition) is 3. The van der Waals surface area contributed by atoms with E-state index in [0.29, 0.717) is 32.1 Å². The van der Waals surface area contributed by atoms with Crippen molar-refractivity contribution in [1.82, 2.24) is 14.7 Å². The van der Waals surface area contributed by atoms with Gasteiger partial charge in [-0.25, -0.2) is 0 Å². The van der Waals surface area contributed by atoms with Crippen LogP contribution in [0.25, 0.3) is 0 Å². The molecular formula is C21H33N3O2. The first-order valence-corrected chi connectivity index (χ1v) is 9.81.